The van der Waals surface area contributed by atoms with Gasteiger partial charge in [0.05, 0.1) is 7.11 Å². The third-order valence-electron chi connectivity index (χ3n) is 2.84. The minimum Gasteiger partial charge on any atom is -0.618 e. The van der Waals surface area contributed by atoms with Crippen molar-refractivity contribution in [2.75, 3.05) is 20.8 Å². The predicted molar refractivity (Wildman–Crippen MR) is 73.7 cm³/mol. The van der Waals surface area contributed by atoms with E-state index in [9.17, 15) is 14.8 Å². The molecule has 0 aliphatic carbocycles. The monoisotopic (exact) mass is 306 g/mol. The van der Waals surface area contributed by atoms with E-state index in [1.807, 2.05) is 0 Å². The summed E-state index contributed by atoms with van der Waals surface area (Å²) in [5, 5.41) is 12.3. The highest BCUT2D eigenvalue weighted by Crippen LogP contribution is 2.13. The Bertz CT molecular complexity index is 716. The number of nitrogens with zero attached hydrogens (tertiary/aromatic N) is 2. The van der Waals surface area contributed by atoms with Crippen LogP contribution in [-0.4, -0.2) is 37.7 Å². The molecule has 1 heterocycles. The fraction of sp³-hybridized carbons (Fsp3) is 0.286. The van der Waals surface area contributed by atoms with Gasteiger partial charge in [0.1, 0.15) is 18.7 Å². The number of ether oxygens (including phenoxy) is 3. The maximum absolute atomic E-state index is 12.3. The van der Waals surface area contributed by atoms with Gasteiger partial charge >= 0.3 is 17.6 Å². The summed E-state index contributed by atoms with van der Waals surface area (Å²) in [7, 11) is 2.50. The lowest BCUT2D eigenvalue weighted by molar-refractivity contribution is -0.581. The van der Waals surface area contributed by atoms with Crippen molar-refractivity contribution in [3.63, 3.8) is 0 Å². The minimum atomic E-state index is -0.856. The third kappa shape index (κ3) is 3.12. The Labute approximate surface area is 125 Å². The van der Waals surface area contributed by atoms with Crippen LogP contribution in [0.5, 0.6) is 0 Å². The molecule has 0 radical (unpaired) electrons. The van der Waals surface area contributed by atoms with Crippen LogP contribution in [0.2, 0.25) is 0 Å². The van der Waals surface area contributed by atoms with Crippen LogP contribution in [0.1, 0.15) is 16.2 Å². The standard InChI is InChI=1S/C14H14N2O6/c1-20-8-12(17)22-7-10-13(14(18)21-2)16(19)11-6-4-3-5-9(11)15-10/h3-6H,7-8H2,1-2H3. The normalized spacial score (nSPS) is 10.5. The smallest absolute Gasteiger partial charge is 0.406 e. The molecular formula is C14H14N2O6. The molecular weight excluding hydrogens is 292 g/mol. The zero-order valence-electron chi connectivity index (χ0n) is 12.1. The van der Waals surface area contributed by atoms with Crippen LogP contribution in [0.3, 0.4) is 0 Å². The molecule has 22 heavy (non-hydrogen) atoms. The van der Waals surface area contributed by atoms with Crippen molar-refractivity contribution >= 4 is 23.0 Å². The van der Waals surface area contributed by atoms with Crippen LogP contribution in [0.4, 0.5) is 0 Å². The summed E-state index contributed by atoms with van der Waals surface area (Å²) in [5.41, 5.74) is 0.300. The second-order valence-corrected chi connectivity index (χ2v) is 4.28. The van der Waals surface area contributed by atoms with Crippen molar-refractivity contribution in [3.05, 3.63) is 40.9 Å². The van der Waals surface area contributed by atoms with Gasteiger partial charge in [-0.25, -0.2) is 14.6 Å². The number of hydrogen-bond donors (Lipinski definition) is 0. The van der Waals surface area contributed by atoms with Gasteiger partial charge in [0, 0.05) is 13.2 Å². The van der Waals surface area contributed by atoms with Crippen molar-refractivity contribution in [2.24, 2.45) is 0 Å². The number of methoxy groups -OCH3 is 2. The summed E-state index contributed by atoms with van der Waals surface area (Å²) in [6.07, 6.45) is 0. The van der Waals surface area contributed by atoms with Crippen LogP contribution in [0.15, 0.2) is 24.3 Å². The van der Waals surface area contributed by atoms with Crippen LogP contribution in [0.25, 0.3) is 11.0 Å². The fourth-order valence-electron chi connectivity index (χ4n) is 1.87. The Morgan fingerprint density at radius 3 is 2.68 bits per heavy atom. The largest absolute Gasteiger partial charge is 0.618 e. The quantitative estimate of drug-likeness (QED) is 0.446. The number of esters is 2. The zero-order valence-corrected chi connectivity index (χ0v) is 12.1. The van der Waals surface area contributed by atoms with Crippen LogP contribution < -0.4 is 4.73 Å². The Hall–Kier alpha value is -2.74. The SMILES string of the molecule is COCC(=O)OCc1nc2ccccc2[n+]([O-])c1C(=O)OC. The number of aromatic nitrogens is 2. The second kappa shape index (κ2) is 6.81. The van der Waals surface area contributed by atoms with Crippen molar-refractivity contribution < 1.29 is 28.5 Å². The first-order valence-electron chi connectivity index (χ1n) is 6.32. The third-order valence-corrected chi connectivity index (χ3v) is 2.84. The van der Waals surface area contributed by atoms with E-state index in [4.69, 9.17) is 4.74 Å². The Morgan fingerprint density at radius 2 is 2.00 bits per heavy atom. The lowest BCUT2D eigenvalue weighted by Gasteiger charge is -2.10. The van der Waals surface area contributed by atoms with Gasteiger partial charge in [0.25, 0.3) is 0 Å². The molecule has 0 saturated heterocycles. The molecule has 0 aliphatic heterocycles. The van der Waals surface area contributed by atoms with Crippen molar-refractivity contribution in [1.29, 1.82) is 0 Å². The summed E-state index contributed by atoms with van der Waals surface area (Å²) >= 11 is 0. The van der Waals surface area contributed by atoms with E-state index in [0.717, 1.165) is 7.11 Å². The number of hydrogen-bond acceptors (Lipinski definition) is 7. The molecule has 116 valence electrons. The first-order valence-corrected chi connectivity index (χ1v) is 6.32. The maximum atomic E-state index is 12.3. The average molecular weight is 306 g/mol. The summed E-state index contributed by atoms with van der Waals surface area (Å²) in [6.45, 7) is -0.571. The molecule has 0 unspecified atom stereocenters. The molecule has 8 heteroatoms. The minimum absolute atomic E-state index is 0.0185. The summed E-state index contributed by atoms with van der Waals surface area (Å²) in [4.78, 5) is 27.4. The lowest BCUT2D eigenvalue weighted by atomic mass is 10.2. The Morgan fingerprint density at radius 1 is 1.27 bits per heavy atom. The van der Waals surface area contributed by atoms with Crippen LogP contribution in [-0.2, 0) is 25.6 Å². The fourth-order valence-corrected chi connectivity index (χ4v) is 1.87. The molecule has 0 aliphatic rings. The van der Waals surface area contributed by atoms with Gasteiger partial charge in [-0.2, -0.15) is 4.73 Å². The average Bonchev–Trinajstić information content (AvgIpc) is 2.52. The number of rotatable bonds is 5. The highest BCUT2D eigenvalue weighted by molar-refractivity contribution is 5.88. The molecule has 0 amide bonds. The zero-order chi connectivity index (χ0) is 16.1. The van der Waals surface area contributed by atoms with Crippen molar-refractivity contribution in [1.82, 2.24) is 4.98 Å². The molecule has 0 spiro atoms. The summed E-state index contributed by atoms with van der Waals surface area (Å²) < 4.78 is 14.6. The summed E-state index contributed by atoms with van der Waals surface area (Å²) in [6, 6.07) is 6.50. The van der Waals surface area contributed by atoms with Gasteiger partial charge in [0.15, 0.2) is 5.69 Å². The van der Waals surface area contributed by atoms with Gasteiger partial charge in [-0.3, -0.25) is 0 Å². The van der Waals surface area contributed by atoms with E-state index in [-0.39, 0.29) is 30.1 Å². The number of benzene rings is 1. The van der Waals surface area contributed by atoms with Gasteiger partial charge in [-0.05, 0) is 6.07 Å². The first-order chi connectivity index (χ1) is 10.6. The molecule has 0 fully saturated rings. The second-order valence-electron chi connectivity index (χ2n) is 4.28. The molecule has 1 aromatic carbocycles. The van der Waals surface area contributed by atoms with E-state index in [2.05, 4.69) is 14.5 Å². The Balaban J connectivity index is 2.46. The van der Waals surface area contributed by atoms with E-state index in [1.165, 1.54) is 13.2 Å². The van der Waals surface area contributed by atoms with Gasteiger partial charge in [-0.1, -0.05) is 12.1 Å². The molecule has 0 atom stereocenters. The van der Waals surface area contributed by atoms with Crippen molar-refractivity contribution in [2.45, 2.75) is 6.61 Å². The number of carbonyl (C=O) groups excluding carboxylic acids is 2. The number of para-hydroxylation sites is 2. The maximum Gasteiger partial charge on any atom is 0.406 e. The highest BCUT2D eigenvalue weighted by Gasteiger charge is 2.27. The highest BCUT2D eigenvalue weighted by atomic mass is 16.6. The van der Waals surface area contributed by atoms with Crippen LogP contribution in [0, 0.1) is 5.21 Å². The molecule has 2 rings (SSSR count). The summed E-state index contributed by atoms with van der Waals surface area (Å²) in [5.74, 6) is -1.49. The molecule has 8 nitrogen and oxygen atoms in total. The topological polar surface area (TPSA) is 102 Å². The Kier molecular flexibility index (Phi) is 4.84. The molecule has 0 bridgehead atoms. The van der Waals surface area contributed by atoms with Gasteiger partial charge < -0.3 is 19.4 Å². The van der Waals surface area contributed by atoms with Gasteiger partial charge in [0.2, 0.25) is 5.52 Å². The molecule has 2 aromatic rings. The van der Waals surface area contributed by atoms with E-state index in [0.29, 0.717) is 10.2 Å². The first kappa shape index (κ1) is 15.6. The van der Waals surface area contributed by atoms with E-state index in [1.54, 1.807) is 18.2 Å². The number of carbonyl (C=O) groups is 2. The molecule has 0 saturated carbocycles. The molecule has 0 N–H and O–H groups in total. The van der Waals surface area contributed by atoms with Crippen LogP contribution >= 0.6 is 0 Å². The van der Waals surface area contributed by atoms with E-state index >= 15 is 0 Å². The van der Waals surface area contributed by atoms with Gasteiger partial charge in [-0.15, -0.1) is 0 Å². The lowest BCUT2D eigenvalue weighted by Crippen LogP contribution is -2.38. The number of fused-ring (bicyclic) bond motifs is 1. The molecule has 1 aromatic heterocycles. The predicted octanol–water partition coefficient (Wildman–Crippen LogP) is 0.344. The van der Waals surface area contributed by atoms with E-state index < -0.39 is 11.9 Å². The van der Waals surface area contributed by atoms with Crippen molar-refractivity contribution in [3.8, 4) is 0 Å².